The van der Waals surface area contributed by atoms with Gasteiger partial charge in [0.25, 0.3) is 0 Å². The van der Waals surface area contributed by atoms with Gasteiger partial charge in [-0.05, 0) is 44.9 Å². The molecule has 3 heteroatoms. The second kappa shape index (κ2) is 5.93. The van der Waals surface area contributed by atoms with E-state index in [1.54, 1.807) is 0 Å². The lowest BCUT2D eigenvalue weighted by molar-refractivity contribution is 0.149. The fourth-order valence-corrected chi connectivity index (χ4v) is 3.62. The molecule has 2 aliphatic rings. The summed E-state index contributed by atoms with van der Waals surface area (Å²) in [6, 6.07) is 12.8. The van der Waals surface area contributed by atoms with Gasteiger partial charge < -0.3 is 15.5 Å². The Morgan fingerprint density at radius 2 is 1.74 bits per heavy atom. The van der Waals surface area contributed by atoms with Crippen LogP contribution in [0.15, 0.2) is 30.3 Å². The van der Waals surface area contributed by atoms with E-state index >= 15 is 0 Å². The molecule has 2 fully saturated rings. The first-order chi connectivity index (χ1) is 9.33. The van der Waals surface area contributed by atoms with Crippen LogP contribution in [-0.4, -0.2) is 43.2 Å². The quantitative estimate of drug-likeness (QED) is 0.795. The molecular weight excluding hydrogens is 234 g/mol. The van der Waals surface area contributed by atoms with Crippen molar-refractivity contribution in [3.8, 4) is 0 Å². The van der Waals surface area contributed by atoms with Gasteiger partial charge in [0.15, 0.2) is 0 Å². The summed E-state index contributed by atoms with van der Waals surface area (Å²) in [7, 11) is 2.30. The predicted molar refractivity (Wildman–Crippen MR) is 80.5 cm³/mol. The van der Waals surface area contributed by atoms with Crippen molar-refractivity contribution in [1.82, 2.24) is 10.2 Å². The van der Waals surface area contributed by atoms with Crippen molar-refractivity contribution in [1.29, 1.82) is 0 Å². The molecular formula is C16H25N3. The number of piperidine rings is 1. The van der Waals surface area contributed by atoms with E-state index in [2.05, 4.69) is 52.9 Å². The van der Waals surface area contributed by atoms with Crippen LogP contribution >= 0.6 is 0 Å². The van der Waals surface area contributed by atoms with Crippen LogP contribution in [0.5, 0.6) is 0 Å². The summed E-state index contributed by atoms with van der Waals surface area (Å²) in [6.07, 6.45) is 5.47. The van der Waals surface area contributed by atoms with Crippen LogP contribution < -0.4 is 10.6 Å². The molecule has 104 valence electrons. The normalized spacial score (nSPS) is 30.5. The topological polar surface area (TPSA) is 27.3 Å². The molecule has 0 spiro atoms. The van der Waals surface area contributed by atoms with Gasteiger partial charge in [-0.1, -0.05) is 18.2 Å². The molecule has 2 saturated heterocycles. The van der Waals surface area contributed by atoms with Crippen LogP contribution in [-0.2, 0) is 0 Å². The van der Waals surface area contributed by atoms with Gasteiger partial charge in [0.1, 0.15) is 0 Å². The van der Waals surface area contributed by atoms with Crippen molar-refractivity contribution in [3.63, 3.8) is 0 Å². The number of hydrogen-bond donors (Lipinski definition) is 2. The summed E-state index contributed by atoms with van der Waals surface area (Å²) in [4.78, 5) is 2.60. The highest BCUT2D eigenvalue weighted by molar-refractivity contribution is 5.42. The molecule has 0 aromatic heterocycles. The van der Waals surface area contributed by atoms with Crippen molar-refractivity contribution >= 4 is 5.69 Å². The first kappa shape index (κ1) is 12.9. The third-order valence-corrected chi connectivity index (χ3v) is 4.76. The zero-order valence-electron chi connectivity index (χ0n) is 11.8. The predicted octanol–water partition coefficient (Wildman–Crippen LogP) is 2.31. The third-order valence-electron chi connectivity index (χ3n) is 4.76. The fourth-order valence-electron chi connectivity index (χ4n) is 3.62. The van der Waals surface area contributed by atoms with E-state index in [1.807, 2.05) is 0 Å². The smallest absolute Gasteiger partial charge is 0.0340 e. The van der Waals surface area contributed by atoms with Gasteiger partial charge in [0.05, 0.1) is 0 Å². The van der Waals surface area contributed by atoms with Crippen LogP contribution in [0.4, 0.5) is 5.69 Å². The van der Waals surface area contributed by atoms with Gasteiger partial charge in [-0.15, -0.1) is 0 Å². The molecule has 2 bridgehead atoms. The zero-order chi connectivity index (χ0) is 13.1. The average Bonchev–Trinajstić information content (AvgIpc) is 2.67. The number of nitrogens with zero attached hydrogens (tertiary/aromatic N) is 1. The van der Waals surface area contributed by atoms with Crippen LogP contribution in [0.3, 0.4) is 0 Å². The number of fused-ring (bicyclic) bond motifs is 2. The lowest BCUT2D eigenvalue weighted by Crippen LogP contribution is -2.48. The van der Waals surface area contributed by atoms with Crippen molar-refractivity contribution in [2.45, 2.75) is 43.8 Å². The molecule has 1 aromatic rings. The number of nitrogens with one attached hydrogen (secondary N) is 2. The van der Waals surface area contributed by atoms with Gasteiger partial charge in [-0.2, -0.15) is 0 Å². The summed E-state index contributed by atoms with van der Waals surface area (Å²) in [5, 5.41) is 7.18. The van der Waals surface area contributed by atoms with Crippen LogP contribution in [0.1, 0.15) is 25.7 Å². The van der Waals surface area contributed by atoms with E-state index < -0.39 is 0 Å². The second-order valence-electron chi connectivity index (χ2n) is 5.97. The molecule has 1 unspecified atom stereocenters. The van der Waals surface area contributed by atoms with Crippen LogP contribution in [0.25, 0.3) is 0 Å². The van der Waals surface area contributed by atoms with E-state index in [-0.39, 0.29) is 0 Å². The maximum absolute atomic E-state index is 3.72. The highest BCUT2D eigenvalue weighted by Crippen LogP contribution is 2.33. The summed E-state index contributed by atoms with van der Waals surface area (Å²) < 4.78 is 0. The molecule has 1 aromatic carbocycles. The van der Waals surface area contributed by atoms with Gasteiger partial charge in [-0.25, -0.2) is 0 Å². The van der Waals surface area contributed by atoms with E-state index in [9.17, 15) is 0 Å². The zero-order valence-corrected chi connectivity index (χ0v) is 11.8. The Morgan fingerprint density at radius 3 is 2.42 bits per heavy atom. The highest BCUT2D eigenvalue weighted by atomic mass is 15.2. The molecule has 2 heterocycles. The van der Waals surface area contributed by atoms with E-state index in [0.717, 1.165) is 31.2 Å². The molecule has 3 atom stereocenters. The summed E-state index contributed by atoms with van der Waals surface area (Å²) in [6.45, 7) is 2.06. The Labute approximate surface area is 116 Å². The number of hydrogen-bond acceptors (Lipinski definition) is 3. The molecule has 3 rings (SSSR count). The lowest BCUT2D eigenvalue weighted by Gasteiger charge is -2.36. The highest BCUT2D eigenvalue weighted by Gasteiger charge is 2.37. The molecule has 0 amide bonds. The summed E-state index contributed by atoms with van der Waals surface area (Å²) in [5.74, 6) is 0. The molecule has 0 aliphatic carbocycles. The average molecular weight is 259 g/mol. The number of anilines is 1. The third kappa shape index (κ3) is 3.10. The Kier molecular flexibility index (Phi) is 4.04. The molecule has 19 heavy (non-hydrogen) atoms. The van der Waals surface area contributed by atoms with Gasteiger partial charge in [-0.3, -0.25) is 0 Å². The second-order valence-corrected chi connectivity index (χ2v) is 5.97. The van der Waals surface area contributed by atoms with Crippen molar-refractivity contribution in [2.24, 2.45) is 0 Å². The van der Waals surface area contributed by atoms with E-state index in [0.29, 0.717) is 0 Å². The maximum atomic E-state index is 3.72. The molecule has 2 aliphatic heterocycles. The molecule has 2 N–H and O–H groups in total. The first-order valence-electron chi connectivity index (χ1n) is 7.57. The monoisotopic (exact) mass is 259 g/mol. The summed E-state index contributed by atoms with van der Waals surface area (Å²) >= 11 is 0. The minimum Gasteiger partial charge on any atom is -0.384 e. The van der Waals surface area contributed by atoms with Gasteiger partial charge in [0, 0.05) is 36.9 Å². The molecule has 0 saturated carbocycles. The minimum absolute atomic E-state index is 0.728. The SMILES string of the molecule is CN1[C@@H]2CC[C@H]1CC(NCCNc1ccccc1)C2. The van der Waals surface area contributed by atoms with Crippen molar-refractivity contribution < 1.29 is 0 Å². The largest absolute Gasteiger partial charge is 0.384 e. The Bertz CT molecular complexity index is 378. The van der Waals surface area contributed by atoms with Gasteiger partial charge in [0.2, 0.25) is 0 Å². The van der Waals surface area contributed by atoms with Crippen molar-refractivity contribution in [3.05, 3.63) is 30.3 Å². The lowest BCUT2D eigenvalue weighted by atomic mass is 9.98. The fraction of sp³-hybridized carbons (Fsp3) is 0.625. The molecule has 0 radical (unpaired) electrons. The first-order valence-corrected chi connectivity index (χ1v) is 7.57. The Morgan fingerprint density at radius 1 is 1.05 bits per heavy atom. The van der Waals surface area contributed by atoms with E-state index in [1.165, 1.54) is 31.4 Å². The van der Waals surface area contributed by atoms with Crippen LogP contribution in [0.2, 0.25) is 0 Å². The van der Waals surface area contributed by atoms with E-state index in [4.69, 9.17) is 0 Å². The maximum Gasteiger partial charge on any atom is 0.0340 e. The minimum atomic E-state index is 0.728. The van der Waals surface area contributed by atoms with Crippen molar-refractivity contribution in [2.75, 3.05) is 25.5 Å². The van der Waals surface area contributed by atoms with Gasteiger partial charge >= 0.3 is 0 Å². The number of para-hydroxylation sites is 1. The number of rotatable bonds is 5. The standard InChI is InChI=1S/C16H25N3/c1-19-15-7-8-16(19)12-14(11-15)18-10-9-17-13-5-3-2-4-6-13/h2-6,14-18H,7-12H2,1H3/t14?,15-,16+. The molecule has 3 nitrogen and oxygen atoms in total. The number of benzene rings is 1. The Balaban J connectivity index is 1.37. The van der Waals surface area contributed by atoms with Crippen LogP contribution in [0, 0.1) is 0 Å². The summed E-state index contributed by atoms with van der Waals surface area (Å²) in [5.41, 5.74) is 1.22. The Hall–Kier alpha value is -1.06.